The van der Waals surface area contributed by atoms with Crippen molar-refractivity contribution in [2.24, 2.45) is 0 Å². The van der Waals surface area contributed by atoms with E-state index in [-0.39, 0.29) is 34.7 Å². The number of fused-ring (bicyclic) bond motifs is 3. The fourth-order valence-electron chi connectivity index (χ4n) is 5.44. The Morgan fingerprint density at radius 1 is 1.28 bits per heavy atom. The first-order chi connectivity index (χ1) is 17.6. The van der Waals surface area contributed by atoms with Gasteiger partial charge in [-0.2, -0.15) is 0 Å². The predicted molar refractivity (Wildman–Crippen MR) is 136 cm³/mol. The molecule has 5 N–H and O–H groups in total. The van der Waals surface area contributed by atoms with Crippen molar-refractivity contribution in [2.75, 3.05) is 31.6 Å². The van der Waals surface area contributed by atoms with Crippen LogP contribution >= 0.6 is 11.6 Å². The summed E-state index contributed by atoms with van der Waals surface area (Å²) in [4.78, 5) is 21.2. The second-order valence-electron chi connectivity index (χ2n) is 9.42. The summed E-state index contributed by atoms with van der Waals surface area (Å²) in [5, 5.41) is 20.6. The molecule has 3 aliphatic rings. The number of benzene rings is 1. The maximum absolute atomic E-state index is 13.3. The summed E-state index contributed by atoms with van der Waals surface area (Å²) in [6.45, 7) is 2.57. The third-order valence-electron chi connectivity index (χ3n) is 7.19. The van der Waals surface area contributed by atoms with Crippen molar-refractivity contribution in [3.05, 3.63) is 52.9 Å². The van der Waals surface area contributed by atoms with Crippen LogP contribution in [0.4, 0.5) is 11.4 Å². The molecule has 3 atom stereocenters. The number of anilines is 2. The van der Waals surface area contributed by atoms with E-state index in [0.29, 0.717) is 41.6 Å². The number of nitrogens with one attached hydrogen (secondary N) is 4. The number of hydrogen-bond donors (Lipinski definition) is 5. The third-order valence-corrected chi connectivity index (χ3v) is 7.49. The highest BCUT2D eigenvalue weighted by atomic mass is 35.5. The number of hydrogen-bond acceptors (Lipinski definition) is 7. The van der Waals surface area contributed by atoms with Gasteiger partial charge >= 0.3 is 0 Å². The van der Waals surface area contributed by atoms with Crippen molar-refractivity contribution in [1.82, 2.24) is 20.6 Å². The van der Waals surface area contributed by atoms with E-state index in [1.54, 1.807) is 30.6 Å². The number of aromatic nitrogens is 2. The molecule has 2 aliphatic heterocycles. The van der Waals surface area contributed by atoms with Crippen LogP contribution in [0.3, 0.4) is 0 Å². The lowest BCUT2D eigenvalue weighted by atomic mass is 9.91. The zero-order chi connectivity index (χ0) is 24.6. The highest BCUT2D eigenvalue weighted by Crippen LogP contribution is 2.47. The minimum absolute atomic E-state index is 0.0605. The molecular formula is C26H28ClN5O4. The lowest BCUT2D eigenvalue weighted by Gasteiger charge is -2.27. The largest absolute Gasteiger partial charge is 0.504 e. The molecule has 36 heavy (non-hydrogen) atoms. The number of nitrogens with zero attached hydrogens (tertiary/aromatic N) is 1. The number of phenolic OH excluding ortho intramolecular Hbond substituents is 1. The smallest absolute Gasteiger partial charge is 0.255 e. The number of para-hydroxylation sites is 1. The first kappa shape index (κ1) is 23.1. The Morgan fingerprint density at radius 3 is 3.06 bits per heavy atom. The zero-order valence-corrected chi connectivity index (χ0v) is 20.4. The molecule has 1 unspecified atom stereocenters. The van der Waals surface area contributed by atoms with Gasteiger partial charge in [-0.1, -0.05) is 24.1 Å². The maximum atomic E-state index is 13.3. The quantitative estimate of drug-likeness (QED) is 0.319. The minimum Gasteiger partial charge on any atom is -0.504 e. The molecule has 2 aromatic heterocycles. The lowest BCUT2D eigenvalue weighted by Crippen LogP contribution is -2.41. The van der Waals surface area contributed by atoms with E-state index in [1.807, 2.05) is 6.07 Å². The molecule has 1 saturated heterocycles. The van der Waals surface area contributed by atoms with E-state index < -0.39 is 0 Å². The number of halogens is 1. The van der Waals surface area contributed by atoms with Gasteiger partial charge in [0.15, 0.2) is 5.75 Å². The molecule has 0 spiro atoms. The van der Waals surface area contributed by atoms with Gasteiger partial charge in [-0.25, -0.2) is 0 Å². The van der Waals surface area contributed by atoms with Crippen molar-refractivity contribution in [3.8, 4) is 22.8 Å². The average molecular weight is 510 g/mol. The number of phenols is 1. The Hall–Kier alpha value is -3.27. The van der Waals surface area contributed by atoms with Crippen LogP contribution < -0.4 is 20.7 Å². The zero-order valence-electron chi connectivity index (χ0n) is 19.6. The first-order valence-corrected chi connectivity index (χ1v) is 12.7. The van der Waals surface area contributed by atoms with Crippen molar-refractivity contribution in [3.63, 3.8) is 0 Å². The summed E-state index contributed by atoms with van der Waals surface area (Å²) in [6.07, 6.45) is 6.31. The molecule has 0 bridgehead atoms. The number of morpholine rings is 1. The molecule has 0 radical (unpaired) electrons. The molecule has 1 aromatic carbocycles. The van der Waals surface area contributed by atoms with Gasteiger partial charge in [0.25, 0.3) is 5.91 Å². The Labute approximate surface area is 213 Å². The molecule has 188 valence electrons. The summed E-state index contributed by atoms with van der Waals surface area (Å²) in [5.74, 6) is 0.556. The number of rotatable bonds is 6. The average Bonchev–Trinajstić information content (AvgIpc) is 3.51. The number of pyridine rings is 1. The van der Waals surface area contributed by atoms with Crippen LogP contribution in [0.15, 0.2) is 36.7 Å². The number of ether oxygens (including phenoxy) is 2. The molecule has 4 heterocycles. The first-order valence-electron chi connectivity index (χ1n) is 12.3. The number of aromatic amines is 1. The van der Waals surface area contributed by atoms with E-state index >= 15 is 0 Å². The second-order valence-corrected chi connectivity index (χ2v) is 9.83. The molecule has 1 saturated carbocycles. The number of aromatic hydroxyl groups is 1. The second kappa shape index (κ2) is 9.65. The molecule has 10 heteroatoms. The number of amides is 1. The van der Waals surface area contributed by atoms with E-state index in [2.05, 4.69) is 25.9 Å². The van der Waals surface area contributed by atoms with Gasteiger partial charge in [-0.15, -0.1) is 0 Å². The highest BCUT2D eigenvalue weighted by Gasteiger charge is 2.41. The molecule has 2 fully saturated rings. The van der Waals surface area contributed by atoms with Crippen LogP contribution in [-0.4, -0.2) is 59.4 Å². The molecule has 1 amide bonds. The summed E-state index contributed by atoms with van der Waals surface area (Å²) < 4.78 is 12.0. The molecule has 6 rings (SSSR count). The maximum Gasteiger partial charge on any atom is 0.255 e. The van der Waals surface area contributed by atoms with E-state index in [1.165, 1.54) is 0 Å². The van der Waals surface area contributed by atoms with Crippen molar-refractivity contribution >= 4 is 28.9 Å². The van der Waals surface area contributed by atoms with Gasteiger partial charge in [0.05, 0.1) is 40.5 Å². The van der Waals surface area contributed by atoms with Crippen LogP contribution in [-0.2, 0) is 4.74 Å². The normalized spacial score (nSPS) is 23.0. The van der Waals surface area contributed by atoms with Crippen LogP contribution in [0, 0.1) is 0 Å². The fourth-order valence-corrected chi connectivity index (χ4v) is 5.62. The molecule has 1 aliphatic carbocycles. The van der Waals surface area contributed by atoms with Gasteiger partial charge in [0.2, 0.25) is 0 Å². The van der Waals surface area contributed by atoms with Crippen molar-refractivity contribution in [1.29, 1.82) is 0 Å². The fraction of sp³-hybridized carbons (Fsp3) is 0.385. The van der Waals surface area contributed by atoms with Gasteiger partial charge in [-0.3, -0.25) is 9.78 Å². The van der Waals surface area contributed by atoms with Crippen molar-refractivity contribution in [2.45, 2.75) is 37.3 Å². The topological polar surface area (TPSA) is 121 Å². The van der Waals surface area contributed by atoms with Crippen LogP contribution in [0.1, 0.15) is 41.2 Å². The predicted octanol–water partition coefficient (Wildman–Crippen LogP) is 3.93. The third kappa shape index (κ3) is 4.17. The number of H-pyrrole nitrogens is 1. The SMILES string of the molecule is O=C1N[C@@H]2CCC[C@@H]2c2[nH]c(-c3ccncc3OCC3CNCCO3)c(Nc3cccc(Cl)c3O)c21. The number of carbonyl (C=O) groups is 1. The molecular weight excluding hydrogens is 482 g/mol. The van der Waals surface area contributed by atoms with Crippen LogP contribution in [0.5, 0.6) is 11.5 Å². The summed E-state index contributed by atoms with van der Waals surface area (Å²) in [7, 11) is 0. The molecule has 9 nitrogen and oxygen atoms in total. The Bertz CT molecular complexity index is 1290. The minimum atomic E-state index is -0.141. The van der Waals surface area contributed by atoms with Gasteiger partial charge in [-0.05, 0) is 31.0 Å². The van der Waals surface area contributed by atoms with Gasteiger partial charge in [0.1, 0.15) is 18.5 Å². The number of carbonyl (C=O) groups excluding carboxylic acids is 1. The van der Waals surface area contributed by atoms with E-state index in [0.717, 1.165) is 43.6 Å². The lowest BCUT2D eigenvalue weighted by molar-refractivity contribution is 0.000245. The highest BCUT2D eigenvalue weighted by molar-refractivity contribution is 6.32. The summed E-state index contributed by atoms with van der Waals surface area (Å²) in [5.41, 5.74) is 3.89. The monoisotopic (exact) mass is 509 g/mol. The molecule has 3 aromatic rings. The Balaban J connectivity index is 1.44. The van der Waals surface area contributed by atoms with Crippen molar-refractivity contribution < 1.29 is 19.4 Å². The Kier molecular flexibility index (Phi) is 6.20. The standard InChI is InChI=1S/C26H28ClN5O4/c27-17-4-2-6-19(25(17)33)30-24-21-22(15-3-1-5-18(15)31-26(21)34)32-23(24)16-7-8-28-12-20(16)36-13-14-11-29-9-10-35-14/h2,4,6-8,12,14-15,18,29-30,32-33H,1,3,5,9-11,13H2,(H,31,34)/t14?,15-,18+/m0/s1. The summed E-state index contributed by atoms with van der Waals surface area (Å²) in [6, 6.07) is 7.06. The van der Waals surface area contributed by atoms with Crippen LogP contribution in [0.25, 0.3) is 11.3 Å². The van der Waals surface area contributed by atoms with Crippen LogP contribution in [0.2, 0.25) is 5.02 Å². The summed E-state index contributed by atoms with van der Waals surface area (Å²) >= 11 is 6.17. The van der Waals surface area contributed by atoms with Gasteiger partial charge in [0, 0.05) is 42.5 Å². The van der Waals surface area contributed by atoms with Gasteiger partial charge < -0.3 is 35.5 Å². The van der Waals surface area contributed by atoms with E-state index in [4.69, 9.17) is 21.1 Å². The van der Waals surface area contributed by atoms with E-state index in [9.17, 15) is 9.90 Å². The Morgan fingerprint density at radius 2 is 2.19 bits per heavy atom.